The fraction of sp³-hybridized carbons (Fsp3) is 0.0476. The summed E-state index contributed by atoms with van der Waals surface area (Å²) in [6.45, 7) is 2.05. The lowest BCUT2D eigenvalue weighted by atomic mass is 9.99. The van der Waals surface area contributed by atoms with E-state index in [9.17, 15) is 4.79 Å². The first-order valence-corrected chi connectivity index (χ1v) is 9.01. The average Bonchev–Trinajstić information content (AvgIpc) is 2.99. The van der Waals surface area contributed by atoms with Gasteiger partial charge in [-0.3, -0.25) is 4.79 Å². The van der Waals surface area contributed by atoms with Crippen LogP contribution in [-0.4, -0.2) is 10.9 Å². The maximum Gasteiger partial charge on any atom is 0.260 e. The molecule has 0 aliphatic rings. The molecule has 0 spiro atoms. The van der Waals surface area contributed by atoms with E-state index in [1.165, 1.54) is 16.9 Å². The predicted molar refractivity (Wildman–Crippen MR) is 108 cm³/mol. The predicted octanol–water partition coefficient (Wildman–Crippen LogP) is 4.62. The number of pyridine rings is 1. The molecule has 1 amide bonds. The number of aryl methyl sites for hydroxylation is 1. The Morgan fingerprint density at radius 2 is 1.69 bits per heavy atom. The number of primary amides is 1. The lowest BCUT2D eigenvalue weighted by Crippen LogP contribution is -2.10. The topological polar surface area (TPSA) is 82.0 Å². The number of nitrogen functional groups attached to an aromatic ring is 1. The molecule has 0 saturated carbocycles. The van der Waals surface area contributed by atoms with Crippen LogP contribution < -0.4 is 11.5 Å². The fourth-order valence-corrected chi connectivity index (χ4v) is 3.99. The van der Waals surface area contributed by atoms with Crippen molar-refractivity contribution in [1.29, 1.82) is 0 Å². The van der Waals surface area contributed by atoms with E-state index in [1.54, 1.807) is 0 Å². The van der Waals surface area contributed by atoms with Gasteiger partial charge in [0.05, 0.1) is 11.4 Å². The van der Waals surface area contributed by atoms with Gasteiger partial charge in [0.15, 0.2) is 0 Å². The molecule has 0 fully saturated rings. The number of carbonyl (C=O) groups is 1. The van der Waals surface area contributed by atoms with Crippen molar-refractivity contribution in [3.63, 3.8) is 0 Å². The van der Waals surface area contributed by atoms with Gasteiger partial charge < -0.3 is 11.5 Å². The van der Waals surface area contributed by atoms with E-state index in [-0.39, 0.29) is 0 Å². The van der Waals surface area contributed by atoms with Crippen LogP contribution in [0.1, 0.15) is 15.2 Å². The van der Waals surface area contributed by atoms with E-state index < -0.39 is 5.91 Å². The molecule has 4 nitrogen and oxygen atoms in total. The molecule has 0 saturated heterocycles. The highest BCUT2D eigenvalue weighted by molar-refractivity contribution is 7.21. The van der Waals surface area contributed by atoms with Crippen LogP contribution in [0.4, 0.5) is 5.69 Å². The summed E-state index contributed by atoms with van der Waals surface area (Å²) in [5, 5.41) is 0.785. The second kappa shape index (κ2) is 6.28. The molecule has 0 radical (unpaired) electrons. The molecule has 0 aliphatic heterocycles. The molecular weight excluding hydrogens is 342 g/mol. The summed E-state index contributed by atoms with van der Waals surface area (Å²) in [4.78, 5) is 17.6. The first kappa shape index (κ1) is 16.3. The van der Waals surface area contributed by atoms with Gasteiger partial charge in [-0.05, 0) is 24.1 Å². The molecule has 2 aromatic carbocycles. The molecule has 4 aromatic rings. The third-order valence-electron chi connectivity index (χ3n) is 4.35. The number of fused-ring (bicyclic) bond motifs is 1. The average molecular weight is 359 g/mol. The quantitative estimate of drug-likeness (QED) is 0.560. The number of carbonyl (C=O) groups excluding carboxylic acids is 1. The Hall–Kier alpha value is -3.18. The number of rotatable bonds is 3. The number of amides is 1. The van der Waals surface area contributed by atoms with Crippen LogP contribution in [0.15, 0.2) is 60.7 Å². The minimum atomic E-state index is -0.526. The lowest BCUT2D eigenvalue weighted by molar-refractivity contribution is 0.100. The molecule has 0 aliphatic carbocycles. The van der Waals surface area contributed by atoms with Crippen molar-refractivity contribution in [3.05, 3.63) is 71.1 Å². The molecule has 0 unspecified atom stereocenters. The van der Waals surface area contributed by atoms with Crippen LogP contribution in [-0.2, 0) is 0 Å². The van der Waals surface area contributed by atoms with Crippen LogP contribution >= 0.6 is 11.3 Å². The fourth-order valence-electron chi connectivity index (χ4n) is 3.02. The Morgan fingerprint density at radius 1 is 1.00 bits per heavy atom. The molecule has 2 aromatic heterocycles. The molecule has 0 atom stereocenters. The van der Waals surface area contributed by atoms with Crippen LogP contribution in [0.5, 0.6) is 0 Å². The summed E-state index contributed by atoms with van der Waals surface area (Å²) in [5.41, 5.74) is 17.2. The Kier molecular flexibility index (Phi) is 3.93. The number of nitrogens with zero attached hydrogens (tertiary/aromatic N) is 1. The number of anilines is 1. The smallest absolute Gasteiger partial charge is 0.260 e. The van der Waals surface area contributed by atoms with Gasteiger partial charge in [0.1, 0.15) is 9.71 Å². The minimum absolute atomic E-state index is 0.353. The molecule has 4 rings (SSSR count). The van der Waals surface area contributed by atoms with E-state index in [1.807, 2.05) is 43.3 Å². The summed E-state index contributed by atoms with van der Waals surface area (Å²) in [5.74, 6) is -0.526. The molecule has 0 bridgehead atoms. The van der Waals surface area contributed by atoms with Gasteiger partial charge in [-0.1, -0.05) is 60.2 Å². The van der Waals surface area contributed by atoms with Gasteiger partial charge in [0.2, 0.25) is 0 Å². The lowest BCUT2D eigenvalue weighted by Gasteiger charge is -2.09. The second-order valence-electron chi connectivity index (χ2n) is 6.18. The van der Waals surface area contributed by atoms with Crippen LogP contribution in [0, 0.1) is 6.92 Å². The van der Waals surface area contributed by atoms with Crippen LogP contribution in [0.25, 0.3) is 32.6 Å². The van der Waals surface area contributed by atoms with Crippen LogP contribution in [0.3, 0.4) is 0 Å². The van der Waals surface area contributed by atoms with E-state index in [0.717, 1.165) is 27.8 Å². The Morgan fingerprint density at radius 3 is 2.35 bits per heavy atom. The number of aromatic nitrogens is 1. The Bertz CT molecular complexity index is 1120. The first-order valence-electron chi connectivity index (χ1n) is 8.20. The molecule has 128 valence electrons. The van der Waals surface area contributed by atoms with Gasteiger partial charge in [-0.15, -0.1) is 11.3 Å². The van der Waals surface area contributed by atoms with Crippen molar-refractivity contribution >= 4 is 33.1 Å². The van der Waals surface area contributed by atoms with Crippen molar-refractivity contribution < 1.29 is 4.79 Å². The van der Waals surface area contributed by atoms with E-state index >= 15 is 0 Å². The molecule has 4 N–H and O–H groups in total. The number of hydrogen-bond donors (Lipinski definition) is 2. The minimum Gasteiger partial charge on any atom is -0.397 e. The highest BCUT2D eigenvalue weighted by Gasteiger charge is 2.20. The van der Waals surface area contributed by atoms with Gasteiger partial charge in [-0.2, -0.15) is 0 Å². The summed E-state index contributed by atoms with van der Waals surface area (Å²) in [6.07, 6.45) is 0. The zero-order valence-electron chi connectivity index (χ0n) is 14.2. The highest BCUT2D eigenvalue weighted by Crippen LogP contribution is 2.41. The van der Waals surface area contributed by atoms with Crippen molar-refractivity contribution in [2.45, 2.75) is 6.92 Å². The zero-order chi connectivity index (χ0) is 18.3. The molecule has 5 heteroatoms. The summed E-state index contributed by atoms with van der Waals surface area (Å²) < 4.78 is 0. The standard InChI is InChI=1S/C21H17N3OS/c1-12-7-9-13(10-8-12)15-11-16(14-5-3-2-4-6-14)24-21-17(15)18(22)19(26-21)20(23)25/h2-11H,22H2,1H3,(H2,23,25). The van der Waals surface area contributed by atoms with Gasteiger partial charge in [0.25, 0.3) is 5.91 Å². The molecular formula is C21H17N3OS. The monoisotopic (exact) mass is 359 g/mol. The van der Waals surface area contributed by atoms with E-state index in [2.05, 4.69) is 24.3 Å². The van der Waals surface area contributed by atoms with Crippen molar-refractivity contribution in [3.8, 4) is 22.4 Å². The summed E-state index contributed by atoms with van der Waals surface area (Å²) in [6, 6.07) is 20.2. The third kappa shape index (κ3) is 2.72. The normalized spacial score (nSPS) is 11.0. The first-order chi connectivity index (χ1) is 12.5. The number of benzene rings is 2. The molecule has 26 heavy (non-hydrogen) atoms. The third-order valence-corrected chi connectivity index (χ3v) is 5.47. The van der Waals surface area contributed by atoms with Crippen molar-refractivity contribution in [2.24, 2.45) is 5.73 Å². The number of hydrogen-bond acceptors (Lipinski definition) is 4. The van der Waals surface area contributed by atoms with Crippen molar-refractivity contribution in [1.82, 2.24) is 4.98 Å². The Labute approximate surface area is 155 Å². The van der Waals surface area contributed by atoms with Gasteiger partial charge >= 0.3 is 0 Å². The molecule has 2 heterocycles. The Balaban J connectivity index is 2.06. The van der Waals surface area contributed by atoms with Gasteiger partial charge in [0, 0.05) is 10.9 Å². The highest BCUT2D eigenvalue weighted by atomic mass is 32.1. The van der Waals surface area contributed by atoms with Crippen LogP contribution in [0.2, 0.25) is 0 Å². The maximum absolute atomic E-state index is 11.8. The summed E-state index contributed by atoms with van der Waals surface area (Å²) >= 11 is 1.24. The number of thiophene rings is 1. The van der Waals surface area contributed by atoms with E-state index in [4.69, 9.17) is 16.5 Å². The number of nitrogens with two attached hydrogens (primary N) is 2. The van der Waals surface area contributed by atoms with E-state index in [0.29, 0.717) is 15.4 Å². The second-order valence-corrected chi connectivity index (χ2v) is 7.18. The zero-order valence-corrected chi connectivity index (χ0v) is 15.0. The SMILES string of the molecule is Cc1ccc(-c2cc(-c3ccccc3)nc3sc(C(N)=O)c(N)c23)cc1. The maximum atomic E-state index is 11.8. The largest absolute Gasteiger partial charge is 0.397 e. The van der Waals surface area contributed by atoms with Crippen molar-refractivity contribution in [2.75, 3.05) is 5.73 Å². The summed E-state index contributed by atoms with van der Waals surface area (Å²) in [7, 11) is 0. The van der Waals surface area contributed by atoms with Gasteiger partial charge in [-0.25, -0.2) is 4.98 Å².